The van der Waals surface area contributed by atoms with Gasteiger partial charge in [-0.15, -0.1) is 0 Å². The van der Waals surface area contributed by atoms with Crippen molar-refractivity contribution in [3.8, 4) is 0 Å². The summed E-state index contributed by atoms with van der Waals surface area (Å²) >= 11 is 0. The first-order valence-electron chi connectivity index (χ1n) is 50.1. The molecule has 4 aromatic carbocycles. The topological polar surface area (TPSA) is 264 Å². The standard InChI is InChI=1S/C14H15NOSi.C10H15NOSi.C9H13NOSi.C8H17NOSi.C8H19NOSi.C7H15NOSi.C7H17NOSi.C6H13NOSi.2C6H15NOSi.C5H11NOSi.C5H13NOSi.C4H11NOSi/c16-14(12-7-3-1-4-8-12)15(11-17)13-9-5-2-6-10-13;1-2-11(8-13)10(12)9-6-4-3-5-7-9;1-8(11)10(7-12)9-5-3-2-4-6-9;1-7(10)9(6-11)8-4-2-3-5-8;1-6(2)8(10)9(5-11)7(3)4;9-7-3-1-2-4-8(5-7)6-10;1-6(9)8(5-10)7(2,3)4;8-6-3-1-2-4-7(6)5-9;1-5(2)7(4-9)6(3)8;1-3-6(8)7(4-2)5-9;7-5-2-1-3-6(5)4-8;1-3-6(4-8)5(2)7;1-4(6)5(2)3-7/h1-10H,11H2,17H3;3-7H,2,8H2,1,13H3;2-6H,7H2,1,12H3;8H,2-6H2,1,11H3;6-7H,5H2,1-4,11H3;1-6H2,10H3;5H2,1-4,10H3;1-5H2,9H3;5H,4H2,1-3,9H3;3-5H2,1-2,9H3;1-4H2,8H3;3-4H2,1-2,8H3;3H2,1-2,7H3. The number of carbonyl (C=O) groups is 13. The summed E-state index contributed by atoms with van der Waals surface area (Å²) in [6.45, 7) is 42.4. The zero-order chi connectivity index (χ0) is 104. The molecule has 3 heterocycles. The monoisotopic (exact) mass is 2080 g/mol. The molecule has 134 heavy (non-hydrogen) atoms. The van der Waals surface area contributed by atoms with Gasteiger partial charge in [0.05, 0.1) is 6.54 Å². The third-order valence-electron chi connectivity index (χ3n) is 22.6. The SMILES string of the molecule is CC(=O)N(C)C[SiH3].CC(=O)N(C[SiH3])C(C)(C)C.CC(=O)N(C[SiH3])C(C)C.CC(=O)N(C[SiH3])C1CCCC1.CC(=O)N(C[SiH3])c1ccccc1.CC(C)C(=O)N(C[SiH3])C(C)C.CCC(=O)N(CC)C[SiH3].CCN(C[SiH3])C(=O)c1ccccc1.CCN(C[SiH3])C(C)=O.O=C(c1ccccc1)N(C[SiH3])c1ccccc1.O=C1CCCCN(C[SiH3])C1.O=C1CCCCN1C[SiH3].O=C1CCCN1C[SiH3]. The van der Waals surface area contributed by atoms with Crippen LogP contribution >= 0.6 is 0 Å². The third-order valence-corrected chi connectivity index (χ3v) is 32.2. The molecule has 0 N–H and O–H groups in total. The molecule has 764 valence electrons. The van der Waals surface area contributed by atoms with E-state index in [1.807, 2.05) is 228 Å². The lowest BCUT2D eigenvalue weighted by atomic mass is 10.1. The van der Waals surface area contributed by atoms with E-state index in [0.29, 0.717) is 42.1 Å². The number of hydrogen-bond donors (Lipinski definition) is 0. The molecule has 0 unspecified atom stereocenters. The highest BCUT2D eigenvalue weighted by atomic mass is 28.2. The molecule has 4 fully saturated rings. The van der Waals surface area contributed by atoms with Gasteiger partial charge < -0.3 is 58.8 Å². The van der Waals surface area contributed by atoms with Gasteiger partial charge in [0.2, 0.25) is 59.1 Å². The number of ketones is 1. The van der Waals surface area contributed by atoms with Crippen LogP contribution in [-0.4, -0.2) is 420 Å². The summed E-state index contributed by atoms with van der Waals surface area (Å²) < 4.78 is 0. The lowest BCUT2D eigenvalue weighted by molar-refractivity contribution is -0.135. The number of Topliss-reactive ketones (excluding diaryl/α,β-unsaturated/α-hetero) is 1. The number of anilines is 2. The second-order valence-electron chi connectivity index (χ2n) is 34.2. The van der Waals surface area contributed by atoms with Crippen molar-refractivity contribution in [1.82, 2.24) is 53.9 Å². The number of piperidine rings is 1. The van der Waals surface area contributed by atoms with E-state index in [2.05, 4.69) is 44.4 Å². The van der Waals surface area contributed by atoms with E-state index in [0.717, 1.165) is 310 Å². The van der Waals surface area contributed by atoms with Crippen molar-refractivity contribution in [2.24, 2.45) is 5.92 Å². The first kappa shape index (κ1) is 135. The third kappa shape index (κ3) is 62.0. The second-order valence-corrected chi connectivity index (χ2v) is 42.4. The predicted molar refractivity (Wildman–Crippen MR) is 613 cm³/mol. The molecule has 26 nitrogen and oxygen atoms in total. The van der Waals surface area contributed by atoms with Crippen molar-refractivity contribution in [1.29, 1.82) is 0 Å². The molecule has 3 saturated heterocycles. The molecular formula is C95H189N13O13Si13. The van der Waals surface area contributed by atoms with Crippen LogP contribution in [0, 0.1) is 5.92 Å². The summed E-state index contributed by atoms with van der Waals surface area (Å²) in [4.78, 5) is 169. The quantitative estimate of drug-likeness (QED) is 0.0620. The molecule has 1 saturated carbocycles. The van der Waals surface area contributed by atoms with E-state index in [4.69, 9.17) is 0 Å². The van der Waals surface area contributed by atoms with Gasteiger partial charge in [0.15, 0.2) is 0 Å². The second kappa shape index (κ2) is 83.0. The molecule has 4 aliphatic rings. The highest BCUT2D eigenvalue weighted by molar-refractivity contribution is 6.18. The van der Waals surface area contributed by atoms with Crippen molar-refractivity contribution >= 4 is 221 Å². The molecule has 0 aromatic heterocycles. The van der Waals surface area contributed by atoms with Crippen LogP contribution in [0.3, 0.4) is 0 Å². The van der Waals surface area contributed by atoms with Crippen LogP contribution in [-0.2, 0) is 52.7 Å². The highest BCUT2D eigenvalue weighted by Gasteiger charge is 2.25. The molecule has 12 amide bonds. The van der Waals surface area contributed by atoms with Gasteiger partial charge in [-0.2, -0.15) is 0 Å². The highest BCUT2D eigenvalue weighted by Crippen LogP contribution is 2.23. The van der Waals surface area contributed by atoms with Crippen molar-refractivity contribution in [2.75, 3.05) is 143 Å². The minimum Gasteiger partial charge on any atom is -0.350 e. The maximum atomic E-state index is 12.3. The van der Waals surface area contributed by atoms with Crippen LogP contribution in [0.4, 0.5) is 11.4 Å². The molecule has 8 rings (SSSR count). The van der Waals surface area contributed by atoms with E-state index in [1.165, 1.54) is 48.8 Å². The van der Waals surface area contributed by atoms with Gasteiger partial charge in [-0.3, -0.25) is 67.2 Å². The Bertz CT molecular complexity index is 3810. The molecule has 4 aromatic rings. The Morgan fingerprint density at radius 3 is 1.03 bits per heavy atom. The Balaban J connectivity index is -0.000000451. The number of amides is 12. The summed E-state index contributed by atoms with van der Waals surface area (Å²) in [5.41, 5.74) is 3.51. The average Bonchev–Trinajstić information content (AvgIpc) is 0.945. The summed E-state index contributed by atoms with van der Waals surface area (Å²) in [5, 5.41) is 0. The fourth-order valence-corrected chi connectivity index (χ4v) is 25.5. The minimum absolute atomic E-state index is 0.00752. The summed E-state index contributed by atoms with van der Waals surface area (Å²) in [6.07, 6.45) is 26.4. The minimum atomic E-state index is 0.00752. The van der Waals surface area contributed by atoms with Crippen LogP contribution in [0.2, 0.25) is 0 Å². The fourth-order valence-electron chi connectivity index (χ4n) is 14.7. The smallest absolute Gasteiger partial charge is 0.257 e. The van der Waals surface area contributed by atoms with Crippen LogP contribution in [0.25, 0.3) is 0 Å². The van der Waals surface area contributed by atoms with Gasteiger partial charge in [0, 0.05) is 366 Å². The van der Waals surface area contributed by atoms with E-state index in [-0.39, 0.29) is 70.5 Å². The average molecular weight is 2090 g/mol. The van der Waals surface area contributed by atoms with Crippen LogP contribution < -0.4 is 9.80 Å². The lowest BCUT2D eigenvalue weighted by Gasteiger charge is -2.33. The van der Waals surface area contributed by atoms with Crippen LogP contribution in [0.1, 0.15) is 236 Å². The Kier molecular flexibility index (Phi) is 83.9. The van der Waals surface area contributed by atoms with Crippen molar-refractivity contribution in [2.45, 2.75) is 239 Å². The summed E-state index contributed by atoms with van der Waals surface area (Å²) in [6, 6.07) is 39.8. The fraction of sp³-hybridized carbons (Fsp3) is 0.611. The van der Waals surface area contributed by atoms with E-state index >= 15 is 0 Å². The van der Waals surface area contributed by atoms with E-state index in [9.17, 15) is 62.3 Å². The zero-order valence-corrected chi connectivity index (χ0v) is 116. The number of benzene rings is 4. The van der Waals surface area contributed by atoms with Crippen molar-refractivity contribution in [3.63, 3.8) is 0 Å². The van der Waals surface area contributed by atoms with Crippen LogP contribution in [0.5, 0.6) is 0 Å². The molecule has 39 heteroatoms. The Morgan fingerprint density at radius 1 is 0.388 bits per heavy atom. The normalized spacial score (nSPS) is 13.1. The number of nitrogens with zero attached hydrogens (tertiary/aromatic N) is 13. The van der Waals surface area contributed by atoms with Gasteiger partial charge >= 0.3 is 0 Å². The summed E-state index contributed by atoms with van der Waals surface area (Å²) in [7, 11) is 15.8. The first-order valence-corrected chi connectivity index (χ1v) is 68.4. The molecular weight excluding hydrogens is 1900 g/mol. The largest absolute Gasteiger partial charge is 0.350 e. The summed E-state index contributed by atoms with van der Waals surface area (Å²) in [5.74, 6) is 3.24. The molecule has 0 atom stereocenters. The molecule has 3 aliphatic heterocycles. The Hall–Kier alpha value is -7.03. The van der Waals surface area contributed by atoms with Crippen molar-refractivity contribution in [3.05, 3.63) is 132 Å². The van der Waals surface area contributed by atoms with Gasteiger partial charge in [-0.05, 0) is 175 Å². The zero-order valence-electron chi connectivity index (χ0n) is 90.3. The van der Waals surface area contributed by atoms with E-state index < -0.39 is 0 Å². The first-order chi connectivity index (χ1) is 63.3. The van der Waals surface area contributed by atoms with E-state index in [1.54, 1.807) is 51.3 Å². The molecule has 0 spiro atoms. The number of rotatable bonds is 25. The van der Waals surface area contributed by atoms with Gasteiger partial charge in [0.25, 0.3) is 11.8 Å². The molecule has 1 aliphatic carbocycles. The molecule has 0 bridgehead atoms. The predicted octanol–water partition coefficient (Wildman–Crippen LogP) is -2.53. The maximum Gasteiger partial charge on any atom is 0.257 e. The number of carbonyl (C=O) groups excluding carboxylic acids is 13. The van der Waals surface area contributed by atoms with Gasteiger partial charge in [-0.1, -0.05) is 106 Å². The Morgan fingerprint density at radius 2 is 0.791 bits per heavy atom. The molecule has 0 radical (unpaired) electrons. The maximum absolute atomic E-state index is 12.3. The number of hydrogen-bond acceptors (Lipinski definition) is 14. The van der Waals surface area contributed by atoms with Gasteiger partial charge in [0.1, 0.15) is 5.78 Å². The lowest BCUT2D eigenvalue weighted by Crippen LogP contribution is -2.45. The van der Waals surface area contributed by atoms with Gasteiger partial charge in [-0.25, -0.2) is 0 Å². The van der Waals surface area contributed by atoms with Crippen LogP contribution in [0.15, 0.2) is 121 Å². The Labute approximate surface area is 851 Å². The number of para-hydroxylation sites is 2. The van der Waals surface area contributed by atoms with Crippen molar-refractivity contribution < 1.29 is 62.3 Å². The number of likely N-dealkylation sites (tertiary alicyclic amines) is 3.